The van der Waals surface area contributed by atoms with Gasteiger partial charge in [-0.3, -0.25) is 4.79 Å². The van der Waals surface area contributed by atoms with Crippen LogP contribution in [-0.2, 0) is 9.84 Å². The van der Waals surface area contributed by atoms with Crippen LogP contribution in [0.4, 0.5) is 4.39 Å². The van der Waals surface area contributed by atoms with Gasteiger partial charge in [-0.1, -0.05) is 18.5 Å². The maximum atomic E-state index is 13.1. The maximum absolute atomic E-state index is 13.1. The fourth-order valence-corrected chi connectivity index (χ4v) is 4.51. The molecule has 1 aromatic rings. The number of hydrogen-bond acceptors (Lipinski definition) is 3. The van der Waals surface area contributed by atoms with Gasteiger partial charge in [0.15, 0.2) is 9.84 Å². The summed E-state index contributed by atoms with van der Waals surface area (Å²) in [6, 6.07) is 3.27. The third-order valence-electron chi connectivity index (χ3n) is 3.54. The number of sulfone groups is 1. The van der Waals surface area contributed by atoms with Crippen LogP contribution in [0.2, 0.25) is 5.02 Å². The van der Waals surface area contributed by atoms with Gasteiger partial charge >= 0.3 is 0 Å². The molecule has 2 rings (SSSR count). The first-order valence-electron chi connectivity index (χ1n) is 6.80. The van der Waals surface area contributed by atoms with E-state index in [2.05, 4.69) is 0 Å². The van der Waals surface area contributed by atoms with Crippen LogP contribution in [-0.4, -0.2) is 43.3 Å². The first-order chi connectivity index (χ1) is 9.84. The Labute approximate surface area is 128 Å². The van der Waals surface area contributed by atoms with E-state index in [9.17, 15) is 17.6 Å². The zero-order chi connectivity index (χ0) is 15.6. The number of hydrogen-bond donors (Lipinski definition) is 0. The molecule has 1 aromatic carbocycles. The van der Waals surface area contributed by atoms with E-state index >= 15 is 0 Å². The molecule has 1 heterocycles. The molecule has 0 radical (unpaired) electrons. The van der Waals surface area contributed by atoms with Crippen molar-refractivity contribution in [3.8, 4) is 0 Å². The van der Waals surface area contributed by atoms with Crippen molar-refractivity contribution >= 4 is 27.3 Å². The number of rotatable bonds is 4. The van der Waals surface area contributed by atoms with Crippen molar-refractivity contribution in [2.75, 3.05) is 18.1 Å². The summed E-state index contributed by atoms with van der Waals surface area (Å²) < 4.78 is 36.3. The van der Waals surface area contributed by atoms with E-state index in [1.165, 1.54) is 12.1 Å². The van der Waals surface area contributed by atoms with Crippen molar-refractivity contribution in [2.24, 2.45) is 0 Å². The first kappa shape index (κ1) is 16.2. The van der Waals surface area contributed by atoms with Gasteiger partial charge in [-0.2, -0.15) is 0 Å². The van der Waals surface area contributed by atoms with Crippen LogP contribution < -0.4 is 0 Å². The summed E-state index contributed by atoms with van der Waals surface area (Å²) in [4.78, 5) is 14.1. The molecule has 0 aromatic heterocycles. The van der Waals surface area contributed by atoms with Crippen LogP contribution in [0.1, 0.15) is 30.1 Å². The Kier molecular flexibility index (Phi) is 4.88. The molecule has 7 heteroatoms. The van der Waals surface area contributed by atoms with Crippen molar-refractivity contribution in [3.05, 3.63) is 34.6 Å². The van der Waals surface area contributed by atoms with Crippen molar-refractivity contribution in [1.29, 1.82) is 0 Å². The molecular formula is C14H17ClFNO3S. The summed E-state index contributed by atoms with van der Waals surface area (Å²) in [5.41, 5.74) is 0.204. The highest BCUT2D eigenvalue weighted by molar-refractivity contribution is 7.91. The minimum atomic E-state index is -3.08. The number of halogens is 2. The van der Waals surface area contributed by atoms with Gasteiger partial charge in [0.05, 0.1) is 22.1 Å². The SMILES string of the molecule is CCCN(C(=O)c1ccc(F)cc1Cl)C1CCS(=O)(=O)C1. The van der Waals surface area contributed by atoms with Crippen LogP contribution in [0.15, 0.2) is 18.2 Å². The molecule has 1 aliphatic heterocycles. The van der Waals surface area contributed by atoms with Crippen LogP contribution in [0.25, 0.3) is 0 Å². The van der Waals surface area contributed by atoms with Gasteiger partial charge in [-0.05, 0) is 31.0 Å². The second kappa shape index (κ2) is 6.32. The van der Waals surface area contributed by atoms with Gasteiger partial charge in [0.25, 0.3) is 5.91 Å². The minimum Gasteiger partial charge on any atom is -0.335 e. The van der Waals surface area contributed by atoms with Gasteiger partial charge in [-0.15, -0.1) is 0 Å². The number of amides is 1. The van der Waals surface area contributed by atoms with Gasteiger partial charge in [0, 0.05) is 12.6 Å². The van der Waals surface area contributed by atoms with Crippen LogP contribution in [0.3, 0.4) is 0 Å². The molecule has 1 aliphatic rings. The van der Waals surface area contributed by atoms with Gasteiger partial charge in [0.2, 0.25) is 0 Å². The average molecular weight is 334 g/mol. The molecule has 1 atom stereocenters. The molecule has 1 fully saturated rings. The van der Waals surface area contributed by atoms with E-state index in [1.54, 1.807) is 4.90 Å². The molecular weight excluding hydrogens is 317 g/mol. The standard InChI is InChI=1S/C14H17ClFNO3S/c1-2-6-17(11-5-7-21(19,20)9-11)14(18)12-4-3-10(16)8-13(12)15/h3-4,8,11H,2,5-7,9H2,1H3. The molecule has 0 spiro atoms. The molecule has 1 unspecified atom stereocenters. The van der Waals surface area contributed by atoms with Crippen LogP contribution in [0.5, 0.6) is 0 Å². The Bertz CT molecular complexity index is 648. The largest absolute Gasteiger partial charge is 0.335 e. The van der Waals surface area contributed by atoms with Crippen LogP contribution in [0, 0.1) is 5.82 Å². The molecule has 21 heavy (non-hydrogen) atoms. The van der Waals surface area contributed by atoms with E-state index in [4.69, 9.17) is 11.6 Å². The lowest BCUT2D eigenvalue weighted by atomic mass is 10.1. The van der Waals surface area contributed by atoms with Gasteiger partial charge in [0.1, 0.15) is 5.82 Å². The van der Waals surface area contributed by atoms with Gasteiger partial charge < -0.3 is 4.90 Å². The lowest BCUT2D eigenvalue weighted by Crippen LogP contribution is -2.41. The van der Waals surface area contributed by atoms with E-state index in [1.807, 2.05) is 6.92 Å². The fraction of sp³-hybridized carbons (Fsp3) is 0.500. The summed E-state index contributed by atoms with van der Waals surface area (Å²) in [6.07, 6.45) is 1.15. The highest BCUT2D eigenvalue weighted by Gasteiger charge is 2.35. The quantitative estimate of drug-likeness (QED) is 0.850. The minimum absolute atomic E-state index is 0.0163. The number of carbonyl (C=O) groups is 1. The first-order valence-corrected chi connectivity index (χ1v) is 9.00. The normalized spacial score (nSPS) is 20.4. The number of carbonyl (C=O) groups excluding carboxylic acids is 1. The Morgan fingerprint density at radius 3 is 2.71 bits per heavy atom. The molecule has 0 bridgehead atoms. The summed E-state index contributed by atoms with van der Waals surface area (Å²) in [5.74, 6) is -0.772. The monoisotopic (exact) mass is 333 g/mol. The highest BCUT2D eigenvalue weighted by Crippen LogP contribution is 2.24. The third-order valence-corrected chi connectivity index (χ3v) is 5.60. The summed E-state index contributed by atoms with van der Waals surface area (Å²) in [5, 5.41) is 0.0435. The molecule has 0 saturated carbocycles. The molecule has 4 nitrogen and oxygen atoms in total. The maximum Gasteiger partial charge on any atom is 0.255 e. The predicted molar refractivity (Wildman–Crippen MR) is 79.8 cm³/mol. The molecule has 1 amide bonds. The second-order valence-electron chi connectivity index (χ2n) is 5.18. The number of benzene rings is 1. The van der Waals surface area contributed by atoms with E-state index in [0.29, 0.717) is 19.4 Å². The Morgan fingerprint density at radius 1 is 1.48 bits per heavy atom. The molecule has 116 valence electrons. The van der Waals surface area contributed by atoms with Crippen molar-refractivity contribution in [2.45, 2.75) is 25.8 Å². The Morgan fingerprint density at radius 2 is 2.19 bits per heavy atom. The fourth-order valence-electron chi connectivity index (χ4n) is 2.53. The number of nitrogens with zero attached hydrogens (tertiary/aromatic N) is 1. The highest BCUT2D eigenvalue weighted by atomic mass is 35.5. The zero-order valence-electron chi connectivity index (χ0n) is 11.7. The molecule has 0 N–H and O–H groups in total. The molecule has 0 aliphatic carbocycles. The Balaban J connectivity index is 2.27. The smallest absolute Gasteiger partial charge is 0.255 e. The Hall–Kier alpha value is -1.14. The molecule has 1 saturated heterocycles. The van der Waals surface area contributed by atoms with E-state index in [-0.39, 0.29) is 34.0 Å². The van der Waals surface area contributed by atoms with E-state index < -0.39 is 15.7 Å². The van der Waals surface area contributed by atoms with Crippen molar-refractivity contribution in [1.82, 2.24) is 4.90 Å². The van der Waals surface area contributed by atoms with Crippen LogP contribution >= 0.6 is 11.6 Å². The summed E-state index contributed by atoms with van der Waals surface area (Å²) in [6.45, 7) is 2.36. The van der Waals surface area contributed by atoms with E-state index in [0.717, 1.165) is 6.07 Å². The topological polar surface area (TPSA) is 54.5 Å². The zero-order valence-corrected chi connectivity index (χ0v) is 13.3. The predicted octanol–water partition coefficient (Wildman–Crippen LogP) is 2.52. The average Bonchev–Trinajstić information content (AvgIpc) is 2.75. The lowest BCUT2D eigenvalue weighted by Gasteiger charge is -2.28. The summed E-state index contributed by atoms with van der Waals surface area (Å²) in [7, 11) is -3.08. The van der Waals surface area contributed by atoms with Crippen molar-refractivity contribution < 1.29 is 17.6 Å². The lowest BCUT2D eigenvalue weighted by molar-refractivity contribution is 0.0697. The second-order valence-corrected chi connectivity index (χ2v) is 7.82. The summed E-state index contributed by atoms with van der Waals surface area (Å²) >= 11 is 5.93. The van der Waals surface area contributed by atoms with Crippen molar-refractivity contribution in [3.63, 3.8) is 0 Å². The van der Waals surface area contributed by atoms with Gasteiger partial charge in [-0.25, -0.2) is 12.8 Å². The third kappa shape index (κ3) is 3.74.